The number of aliphatic imine (C=N–C) groups is 1. The molecule has 1 aromatic rings. The number of aliphatic hydroxyl groups excluding tert-OH is 1. The van der Waals surface area contributed by atoms with Gasteiger partial charge in [-0.3, -0.25) is 9.59 Å². The van der Waals surface area contributed by atoms with E-state index < -0.39 is 18.6 Å². The summed E-state index contributed by atoms with van der Waals surface area (Å²) < 4.78 is 0. The van der Waals surface area contributed by atoms with E-state index in [1.165, 1.54) is 6.92 Å². The predicted molar refractivity (Wildman–Crippen MR) is 77.7 cm³/mol. The molecule has 0 aliphatic heterocycles. The van der Waals surface area contributed by atoms with Crippen molar-refractivity contribution in [1.82, 2.24) is 10.6 Å². The monoisotopic (exact) mass is 293 g/mol. The highest BCUT2D eigenvalue weighted by Gasteiger charge is 2.17. The Kier molecular flexibility index (Phi) is 6.52. The zero-order valence-electron chi connectivity index (χ0n) is 10.9. The minimum Gasteiger partial charge on any atom is -0.394 e. The molecule has 0 saturated heterocycles. The van der Waals surface area contributed by atoms with Crippen LogP contribution in [0.3, 0.4) is 0 Å². The van der Waals surface area contributed by atoms with Gasteiger partial charge in [-0.15, -0.1) is 0 Å². The van der Waals surface area contributed by atoms with Crippen molar-refractivity contribution in [2.75, 3.05) is 6.61 Å². The molecule has 0 aliphatic rings. The highest BCUT2D eigenvalue weighted by Crippen LogP contribution is 2.11. The Morgan fingerprint density at radius 3 is 2.55 bits per heavy atom. The van der Waals surface area contributed by atoms with Crippen LogP contribution in [0.15, 0.2) is 29.3 Å². The molecule has 6 nitrogen and oxygen atoms in total. The molecule has 20 heavy (non-hydrogen) atoms. The Morgan fingerprint density at radius 1 is 1.40 bits per heavy atom. The number of rotatable bonds is 6. The fraction of sp³-hybridized carbons (Fsp3) is 0.308. The Labute approximate surface area is 121 Å². The molecule has 1 aromatic carbocycles. The van der Waals surface area contributed by atoms with Gasteiger partial charge in [-0.25, -0.2) is 0 Å². The van der Waals surface area contributed by atoms with Crippen molar-refractivity contribution in [3.63, 3.8) is 0 Å². The smallest absolute Gasteiger partial charge is 0.245 e. The number of benzene rings is 1. The Bertz CT molecular complexity index is 524. The van der Waals surface area contributed by atoms with Crippen LogP contribution in [0.5, 0.6) is 0 Å². The first-order chi connectivity index (χ1) is 9.56. The van der Waals surface area contributed by atoms with Gasteiger partial charge in [-0.05, 0) is 29.9 Å². The molecular weight excluding hydrogens is 278 g/mol. The predicted octanol–water partition coefficient (Wildman–Crippen LogP) is 0.534. The lowest BCUT2D eigenvalue weighted by molar-refractivity contribution is -0.129. The number of thiocarbonyl (C=S) groups is 1. The summed E-state index contributed by atoms with van der Waals surface area (Å²) >= 11 is 4.50. The summed E-state index contributed by atoms with van der Waals surface area (Å²) in [6.07, 6.45) is 0. The SMILES string of the molecule is CC(=O)N[C@H](CO)C(=O)NCc1ccc(N=C=S)cc1. The van der Waals surface area contributed by atoms with Crippen molar-refractivity contribution >= 4 is 34.9 Å². The van der Waals surface area contributed by atoms with Gasteiger partial charge in [0.2, 0.25) is 11.8 Å². The summed E-state index contributed by atoms with van der Waals surface area (Å²) in [4.78, 5) is 26.4. The number of nitrogens with one attached hydrogen (secondary N) is 2. The molecule has 0 spiro atoms. The van der Waals surface area contributed by atoms with Gasteiger partial charge in [0.1, 0.15) is 6.04 Å². The average molecular weight is 293 g/mol. The van der Waals surface area contributed by atoms with Gasteiger partial charge < -0.3 is 15.7 Å². The number of carbonyl (C=O) groups excluding carboxylic acids is 2. The molecule has 106 valence electrons. The van der Waals surface area contributed by atoms with Crippen LogP contribution in [0, 0.1) is 0 Å². The molecule has 0 bridgehead atoms. The van der Waals surface area contributed by atoms with Crippen molar-refractivity contribution in [2.45, 2.75) is 19.5 Å². The molecule has 1 rings (SSSR count). The normalized spacial score (nSPS) is 11.1. The molecule has 1 atom stereocenters. The second kappa shape index (κ2) is 8.16. The number of carbonyl (C=O) groups is 2. The molecule has 0 aliphatic carbocycles. The third kappa shape index (κ3) is 5.27. The van der Waals surface area contributed by atoms with E-state index in [1.54, 1.807) is 24.3 Å². The van der Waals surface area contributed by atoms with E-state index in [0.29, 0.717) is 5.69 Å². The van der Waals surface area contributed by atoms with Crippen LogP contribution in [-0.4, -0.2) is 34.7 Å². The lowest BCUT2D eigenvalue weighted by Gasteiger charge is -2.15. The van der Waals surface area contributed by atoms with Gasteiger partial charge in [0.05, 0.1) is 17.5 Å². The number of isothiocyanates is 1. The van der Waals surface area contributed by atoms with Gasteiger partial charge in [0.25, 0.3) is 0 Å². The summed E-state index contributed by atoms with van der Waals surface area (Å²) in [6, 6.07) is 6.14. The maximum Gasteiger partial charge on any atom is 0.245 e. The summed E-state index contributed by atoms with van der Waals surface area (Å²) in [7, 11) is 0. The van der Waals surface area contributed by atoms with Crippen LogP contribution in [0.1, 0.15) is 12.5 Å². The zero-order chi connectivity index (χ0) is 15.0. The molecule has 0 fully saturated rings. The Morgan fingerprint density at radius 2 is 2.05 bits per heavy atom. The number of hydrogen-bond donors (Lipinski definition) is 3. The van der Waals surface area contributed by atoms with Crippen LogP contribution in [0.2, 0.25) is 0 Å². The summed E-state index contributed by atoms with van der Waals surface area (Å²) in [5.74, 6) is -0.815. The van der Waals surface area contributed by atoms with Crippen LogP contribution in [-0.2, 0) is 16.1 Å². The molecule has 7 heteroatoms. The van der Waals surface area contributed by atoms with Crippen molar-refractivity contribution < 1.29 is 14.7 Å². The fourth-order valence-electron chi connectivity index (χ4n) is 1.49. The van der Waals surface area contributed by atoms with Crippen molar-refractivity contribution in [3.8, 4) is 0 Å². The number of hydrogen-bond acceptors (Lipinski definition) is 5. The van der Waals surface area contributed by atoms with Gasteiger partial charge in [-0.1, -0.05) is 12.1 Å². The zero-order valence-corrected chi connectivity index (χ0v) is 11.7. The summed E-state index contributed by atoms with van der Waals surface area (Å²) in [5, 5.41) is 16.3. The van der Waals surface area contributed by atoms with Crippen molar-refractivity contribution in [2.24, 2.45) is 4.99 Å². The minimum absolute atomic E-state index is 0.288. The first-order valence-electron chi connectivity index (χ1n) is 5.89. The van der Waals surface area contributed by atoms with E-state index in [1.807, 2.05) is 0 Å². The molecule has 3 N–H and O–H groups in total. The third-order valence-corrected chi connectivity index (χ3v) is 2.55. The lowest BCUT2D eigenvalue weighted by Crippen LogP contribution is -2.48. The lowest BCUT2D eigenvalue weighted by atomic mass is 10.2. The second-order valence-electron chi connectivity index (χ2n) is 4.02. The Hall–Kier alpha value is -2.08. The molecule has 0 unspecified atom stereocenters. The van der Waals surface area contributed by atoms with Gasteiger partial charge in [-0.2, -0.15) is 4.99 Å². The fourth-order valence-corrected chi connectivity index (χ4v) is 1.60. The van der Waals surface area contributed by atoms with Gasteiger partial charge in [0.15, 0.2) is 0 Å². The van der Waals surface area contributed by atoms with E-state index in [9.17, 15) is 9.59 Å². The second-order valence-corrected chi connectivity index (χ2v) is 4.21. The molecule has 0 saturated carbocycles. The standard InChI is InChI=1S/C13H15N3O3S/c1-9(18)16-12(7-17)13(19)14-6-10-2-4-11(5-3-10)15-8-20/h2-5,12,17H,6-7H2,1H3,(H,14,19)(H,16,18)/t12-/m1/s1. The molecule has 0 radical (unpaired) electrons. The highest BCUT2D eigenvalue weighted by molar-refractivity contribution is 7.78. The van der Waals surface area contributed by atoms with Gasteiger partial charge in [0, 0.05) is 13.5 Å². The van der Waals surface area contributed by atoms with E-state index in [2.05, 4.69) is 33.0 Å². The van der Waals surface area contributed by atoms with Crippen molar-refractivity contribution in [3.05, 3.63) is 29.8 Å². The third-order valence-electron chi connectivity index (χ3n) is 2.45. The van der Waals surface area contributed by atoms with E-state index in [-0.39, 0.29) is 12.5 Å². The topological polar surface area (TPSA) is 90.8 Å². The quantitative estimate of drug-likeness (QED) is 0.527. The molecule has 2 amide bonds. The number of nitrogens with zero attached hydrogens (tertiary/aromatic N) is 1. The largest absolute Gasteiger partial charge is 0.394 e. The van der Waals surface area contributed by atoms with Gasteiger partial charge >= 0.3 is 0 Å². The number of aliphatic hydroxyl groups is 1. The number of amides is 2. The van der Waals surface area contributed by atoms with Crippen molar-refractivity contribution in [1.29, 1.82) is 0 Å². The van der Waals surface area contributed by atoms with Crippen LogP contribution in [0.25, 0.3) is 0 Å². The van der Waals surface area contributed by atoms with E-state index in [4.69, 9.17) is 5.11 Å². The first-order valence-corrected chi connectivity index (χ1v) is 6.30. The van der Waals surface area contributed by atoms with E-state index >= 15 is 0 Å². The highest BCUT2D eigenvalue weighted by atomic mass is 32.1. The molecular formula is C13H15N3O3S. The first kappa shape index (κ1) is 16.0. The van der Waals surface area contributed by atoms with E-state index in [0.717, 1.165) is 5.56 Å². The van der Waals surface area contributed by atoms with Crippen LogP contribution >= 0.6 is 12.2 Å². The van der Waals surface area contributed by atoms with Crippen LogP contribution < -0.4 is 10.6 Å². The molecule has 0 heterocycles. The average Bonchev–Trinajstić information content (AvgIpc) is 2.43. The maximum atomic E-state index is 11.7. The summed E-state index contributed by atoms with van der Waals surface area (Å²) in [6.45, 7) is 1.12. The Balaban J connectivity index is 2.55. The summed E-state index contributed by atoms with van der Waals surface area (Å²) in [5.41, 5.74) is 1.54. The maximum absolute atomic E-state index is 11.7. The molecule has 0 aromatic heterocycles. The van der Waals surface area contributed by atoms with Crippen LogP contribution in [0.4, 0.5) is 5.69 Å². The minimum atomic E-state index is -0.939.